The van der Waals surface area contributed by atoms with Crippen molar-refractivity contribution in [3.63, 3.8) is 0 Å². The van der Waals surface area contributed by atoms with E-state index in [4.69, 9.17) is 0 Å². The summed E-state index contributed by atoms with van der Waals surface area (Å²) >= 11 is 0. The van der Waals surface area contributed by atoms with E-state index in [0.29, 0.717) is 0 Å². The summed E-state index contributed by atoms with van der Waals surface area (Å²) in [6.07, 6.45) is 0.875. The lowest BCUT2D eigenvalue weighted by molar-refractivity contribution is 0.544. The molecule has 1 heterocycles. The Morgan fingerprint density at radius 3 is 2.05 bits per heavy atom. The number of benzene rings is 2. The van der Waals surface area contributed by atoms with Crippen LogP contribution >= 0.6 is 0 Å². The van der Waals surface area contributed by atoms with E-state index < -0.39 is 0 Å². The third-order valence-electron chi connectivity index (χ3n) is 3.80. The minimum Gasteiger partial charge on any atom is -0.302 e. The van der Waals surface area contributed by atoms with Crippen LogP contribution < -0.4 is 5.32 Å². The van der Waals surface area contributed by atoms with Gasteiger partial charge in [-0.2, -0.15) is 5.26 Å². The molecule has 0 amide bonds. The van der Waals surface area contributed by atoms with Crippen molar-refractivity contribution in [2.75, 3.05) is 0 Å². The summed E-state index contributed by atoms with van der Waals surface area (Å²) in [5.41, 5.74) is 2.47. The zero-order valence-electron chi connectivity index (χ0n) is 10.7. The highest BCUT2D eigenvalue weighted by Crippen LogP contribution is 2.38. The van der Waals surface area contributed by atoms with E-state index >= 15 is 0 Å². The molecule has 2 aromatic rings. The topological polar surface area (TPSA) is 35.8 Å². The smallest absolute Gasteiger partial charge is 0.0676 e. The Morgan fingerprint density at radius 2 is 1.47 bits per heavy atom. The van der Waals surface area contributed by atoms with Gasteiger partial charge in [-0.1, -0.05) is 60.7 Å². The van der Waals surface area contributed by atoms with Crippen molar-refractivity contribution >= 4 is 0 Å². The predicted octanol–water partition coefficient (Wildman–Crippen LogP) is 3.60. The highest BCUT2D eigenvalue weighted by Gasteiger charge is 2.35. The van der Waals surface area contributed by atoms with Gasteiger partial charge in [0.05, 0.1) is 12.0 Å². The van der Waals surface area contributed by atoms with Crippen molar-refractivity contribution in [1.82, 2.24) is 5.32 Å². The summed E-state index contributed by atoms with van der Waals surface area (Å²) in [7, 11) is 0. The Labute approximate surface area is 113 Å². The highest BCUT2D eigenvalue weighted by atomic mass is 15.0. The normalized spacial score (nSPS) is 25.9. The first kappa shape index (κ1) is 12.0. The van der Waals surface area contributed by atoms with E-state index in [2.05, 4.69) is 35.7 Å². The van der Waals surface area contributed by atoms with E-state index in [1.807, 2.05) is 36.4 Å². The van der Waals surface area contributed by atoms with E-state index in [0.717, 1.165) is 6.42 Å². The second-order valence-electron chi connectivity index (χ2n) is 4.99. The van der Waals surface area contributed by atoms with Crippen LogP contribution in [0.1, 0.15) is 29.6 Å². The van der Waals surface area contributed by atoms with Gasteiger partial charge in [0.25, 0.3) is 0 Å². The van der Waals surface area contributed by atoms with Gasteiger partial charge in [-0.15, -0.1) is 0 Å². The first-order valence-electron chi connectivity index (χ1n) is 6.64. The zero-order chi connectivity index (χ0) is 13.1. The molecule has 1 aliphatic heterocycles. The Kier molecular flexibility index (Phi) is 3.31. The molecule has 2 aromatic carbocycles. The number of nitrogens with zero attached hydrogens (tertiary/aromatic N) is 1. The van der Waals surface area contributed by atoms with Crippen LogP contribution in [0, 0.1) is 17.2 Å². The lowest BCUT2D eigenvalue weighted by Crippen LogP contribution is -2.19. The first-order chi connectivity index (χ1) is 9.38. The molecule has 94 valence electrons. The van der Waals surface area contributed by atoms with Crippen LogP contribution in [0.5, 0.6) is 0 Å². The Morgan fingerprint density at radius 1 is 0.895 bits per heavy atom. The number of rotatable bonds is 2. The Balaban J connectivity index is 1.86. The summed E-state index contributed by atoms with van der Waals surface area (Å²) < 4.78 is 0. The molecule has 0 unspecified atom stereocenters. The first-order valence-corrected chi connectivity index (χ1v) is 6.64. The van der Waals surface area contributed by atoms with Gasteiger partial charge < -0.3 is 5.32 Å². The standard InChI is InChI=1S/C17H16N2/c18-12-15-11-16(13-7-3-1-4-8-13)19-17(15)14-9-5-2-6-10-14/h1-10,15-17,19H,11H2/t15-,16-,17+/m1/s1. The Bertz CT molecular complexity index is 571. The summed E-state index contributed by atoms with van der Waals surface area (Å²) in [6, 6.07) is 23.5. The highest BCUT2D eigenvalue weighted by molar-refractivity contribution is 5.27. The number of nitriles is 1. The second kappa shape index (κ2) is 5.26. The van der Waals surface area contributed by atoms with Gasteiger partial charge in [0, 0.05) is 12.1 Å². The minimum absolute atomic E-state index is 0.0348. The average Bonchev–Trinajstić information content (AvgIpc) is 2.93. The molecule has 1 N–H and O–H groups in total. The lowest BCUT2D eigenvalue weighted by atomic mass is 9.94. The summed E-state index contributed by atoms with van der Waals surface area (Å²) in [5.74, 6) is 0.0348. The van der Waals surface area contributed by atoms with E-state index in [-0.39, 0.29) is 18.0 Å². The van der Waals surface area contributed by atoms with Gasteiger partial charge >= 0.3 is 0 Å². The summed E-state index contributed by atoms with van der Waals surface area (Å²) in [4.78, 5) is 0. The van der Waals surface area contributed by atoms with Crippen LogP contribution in [0.25, 0.3) is 0 Å². The SMILES string of the molecule is N#C[C@H]1C[C@H](c2ccccc2)N[C@H]1c1ccccc1. The molecular formula is C17H16N2. The average molecular weight is 248 g/mol. The molecule has 0 aromatic heterocycles. The van der Waals surface area contributed by atoms with E-state index in [1.165, 1.54) is 11.1 Å². The predicted molar refractivity (Wildman–Crippen MR) is 75.2 cm³/mol. The molecule has 0 spiro atoms. The number of hydrogen-bond acceptors (Lipinski definition) is 2. The largest absolute Gasteiger partial charge is 0.302 e. The molecule has 2 heteroatoms. The second-order valence-corrected chi connectivity index (χ2v) is 4.99. The fourth-order valence-corrected chi connectivity index (χ4v) is 2.82. The van der Waals surface area contributed by atoms with Crippen LogP contribution in [-0.2, 0) is 0 Å². The molecule has 0 aliphatic carbocycles. The maximum Gasteiger partial charge on any atom is 0.0676 e. The molecular weight excluding hydrogens is 232 g/mol. The van der Waals surface area contributed by atoms with Crippen LogP contribution in [0.4, 0.5) is 0 Å². The van der Waals surface area contributed by atoms with E-state index in [1.54, 1.807) is 0 Å². The van der Waals surface area contributed by atoms with Crippen molar-refractivity contribution in [3.8, 4) is 6.07 Å². The number of nitrogens with one attached hydrogen (secondary N) is 1. The third kappa shape index (κ3) is 2.38. The molecule has 2 nitrogen and oxygen atoms in total. The quantitative estimate of drug-likeness (QED) is 0.881. The third-order valence-corrected chi connectivity index (χ3v) is 3.80. The van der Waals surface area contributed by atoms with Crippen molar-refractivity contribution in [2.45, 2.75) is 18.5 Å². The molecule has 1 saturated heterocycles. The van der Waals surface area contributed by atoms with Crippen molar-refractivity contribution in [3.05, 3.63) is 71.8 Å². The van der Waals surface area contributed by atoms with Crippen molar-refractivity contribution < 1.29 is 0 Å². The van der Waals surface area contributed by atoms with Gasteiger partial charge in [0.15, 0.2) is 0 Å². The van der Waals surface area contributed by atoms with Gasteiger partial charge in [0.2, 0.25) is 0 Å². The maximum absolute atomic E-state index is 9.37. The van der Waals surface area contributed by atoms with Crippen molar-refractivity contribution in [2.24, 2.45) is 5.92 Å². The molecule has 0 saturated carbocycles. The molecule has 3 atom stereocenters. The monoisotopic (exact) mass is 248 g/mol. The molecule has 1 aliphatic rings. The van der Waals surface area contributed by atoms with Crippen LogP contribution in [0.3, 0.4) is 0 Å². The van der Waals surface area contributed by atoms with Gasteiger partial charge in [-0.3, -0.25) is 0 Å². The molecule has 3 rings (SSSR count). The fraction of sp³-hybridized carbons (Fsp3) is 0.235. The van der Waals surface area contributed by atoms with Crippen LogP contribution in [-0.4, -0.2) is 0 Å². The number of hydrogen-bond donors (Lipinski definition) is 1. The van der Waals surface area contributed by atoms with Crippen molar-refractivity contribution in [1.29, 1.82) is 5.26 Å². The minimum atomic E-state index is 0.0348. The van der Waals surface area contributed by atoms with Gasteiger partial charge in [-0.05, 0) is 17.5 Å². The zero-order valence-corrected chi connectivity index (χ0v) is 10.7. The molecule has 19 heavy (non-hydrogen) atoms. The Hall–Kier alpha value is -2.11. The van der Waals surface area contributed by atoms with Gasteiger partial charge in [0.1, 0.15) is 0 Å². The molecule has 1 fully saturated rings. The van der Waals surface area contributed by atoms with E-state index in [9.17, 15) is 5.26 Å². The summed E-state index contributed by atoms with van der Waals surface area (Å²) in [5, 5.41) is 13.0. The fourth-order valence-electron chi connectivity index (χ4n) is 2.82. The summed E-state index contributed by atoms with van der Waals surface area (Å²) in [6.45, 7) is 0. The van der Waals surface area contributed by atoms with Crippen LogP contribution in [0.2, 0.25) is 0 Å². The lowest BCUT2D eigenvalue weighted by Gasteiger charge is -2.16. The van der Waals surface area contributed by atoms with Gasteiger partial charge in [-0.25, -0.2) is 0 Å². The van der Waals surface area contributed by atoms with Crippen LogP contribution in [0.15, 0.2) is 60.7 Å². The molecule has 0 radical (unpaired) electrons. The molecule has 0 bridgehead atoms. The maximum atomic E-state index is 9.37.